The lowest BCUT2D eigenvalue weighted by Crippen LogP contribution is -2.45. The molecule has 1 aliphatic rings. The Bertz CT molecular complexity index is 202. The molecule has 3 heteroatoms. The van der Waals surface area contributed by atoms with Crippen molar-refractivity contribution in [3.8, 4) is 0 Å². The maximum absolute atomic E-state index is 3.49. The largest absolute Gasteiger partial charge is 0.317 e. The van der Waals surface area contributed by atoms with Crippen molar-refractivity contribution in [3.05, 3.63) is 0 Å². The molecule has 0 aromatic heterocycles. The first-order valence-corrected chi connectivity index (χ1v) is 8.43. The quantitative estimate of drug-likeness (QED) is 0.756. The Morgan fingerprint density at radius 2 is 2.00 bits per heavy atom. The molecule has 1 rings (SSSR count). The molecule has 0 saturated carbocycles. The number of nitrogens with one attached hydrogen (secondary N) is 1. The lowest BCUT2D eigenvalue weighted by Gasteiger charge is -2.41. The second-order valence-electron chi connectivity index (χ2n) is 5.65. The molecule has 2 nitrogen and oxygen atoms in total. The summed E-state index contributed by atoms with van der Waals surface area (Å²) in [5, 5.41) is 3.49. The van der Waals surface area contributed by atoms with Crippen LogP contribution in [-0.2, 0) is 0 Å². The topological polar surface area (TPSA) is 15.3 Å². The van der Waals surface area contributed by atoms with E-state index in [0.717, 1.165) is 6.04 Å². The van der Waals surface area contributed by atoms with E-state index in [0.29, 0.717) is 5.41 Å². The van der Waals surface area contributed by atoms with Crippen molar-refractivity contribution in [2.45, 2.75) is 45.6 Å². The first kappa shape index (κ1) is 15.3. The second kappa shape index (κ2) is 7.65. The van der Waals surface area contributed by atoms with Gasteiger partial charge in [0.05, 0.1) is 0 Å². The van der Waals surface area contributed by atoms with Crippen LogP contribution in [0.5, 0.6) is 0 Å². The van der Waals surface area contributed by atoms with Crippen LogP contribution in [0.25, 0.3) is 0 Å². The highest BCUT2D eigenvalue weighted by Gasteiger charge is 2.32. The third kappa shape index (κ3) is 4.80. The van der Waals surface area contributed by atoms with Gasteiger partial charge in [0.25, 0.3) is 0 Å². The zero-order valence-electron chi connectivity index (χ0n) is 12.1. The molecule has 17 heavy (non-hydrogen) atoms. The number of hydrogen-bond donors (Lipinski definition) is 1. The van der Waals surface area contributed by atoms with E-state index < -0.39 is 0 Å². The van der Waals surface area contributed by atoms with Crippen LogP contribution in [0, 0.1) is 5.41 Å². The molecular weight excluding hydrogens is 228 g/mol. The maximum atomic E-state index is 3.49. The van der Waals surface area contributed by atoms with Gasteiger partial charge in [-0.15, -0.1) is 0 Å². The van der Waals surface area contributed by atoms with E-state index in [-0.39, 0.29) is 0 Å². The summed E-state index contributed by atoms with van der Waals surface area (Å²) >= 11 is 1.96. The van der Waals surface area contributed by atoms with E-state index in [2.05, 4.69) is 37.4 Å². The average molecular weight is 258 g/mol. The van der Waals surface area contributed by atoms with Crippen LogP contribution >= 0.6 is 11.8 Å². The van der Waals surface area contributed by atoms with Crippen molar-refractivity contribution in [3.63, 3.8) is 0 Å². The van der Waals surface area contributed by atoms with Crippen molar-refractivity contribution in [1.82, 2.24) is 10.2 Å². The van der Waals surface area contributed by atoms with E-state index in [1.54, 1.807) is 0 Å². The maximum Gasteiger partial charge on any atom is 0.00719 e. The highest BCUT2D eigenvalue weighted by Crippen LogP contribution is 2.33. The van der Waals surface area contributed by atoms with Crippen molar-refractivity contribution < 1.29 is 0 Å². The predicted octanol–water partition coefficient (Wildman–Crippen LogP) is 2.84. The first-order chi connectivity index (χ1) is 8.13. The molecule has 0 spiro atoms. The highest BCUT2D eigenvalue weighted by molar-refractivity contribution is 7.98. The summed E-state index contributed by atoms with van der Waals surface area (Å²) in [6.45, 7) is 8.44. The van der Waals surface area contributed by atoms with E-state index in [9.17, 15) is 0 Å². The lowest BCUT2D eigenvalue weighted by atomic mass is 9.76. The van der Waals surface area contributed by atoms with Gasteiger partial charge in [-0.2, -0.15) is 11.8 Å². The molecule has 102 valence electrons. The molecule has 1 atom stereocenters. The van der Waals surface area contributed by atoms with Crippen LogP contribution in [0.3, 0.4) is 0 Å². The van der Waals surface area contributed by atoms with E-state index >= 15 is 0 Å². The molecule has 0 aliphatic carbocycles. The molecule has 1 unspecified atom stereocenters. The zero-order chi connectivity index (χ0) is 12.7. The fourth-order valence-corrected chi connectivity index (χ4v) is 3.35. The molecule has 0 radical (unpaired) electrons. The summed E-state index contributed by atoms with van der Waals surface area (Å²) in [4.78, 5) is 2.59. The second-order valence-corrected chi connectivity index (χ2v) is 6.63. The van der Waals surface area contributed by atoms with Gasteiger partial charge in [0.15, 0.2) is 0 Å². The van der Waals surface area contributed by atoms with Gasteiger partial charge < -0.3 is 10.2 Å². The Morgan fingerprint density at radius 3 is 2.53 bits per heavy atom. The zero-order valence-corrected chi connectivity index (χ0v) is 12.9. The number of thioether (sulfide) groups is 1. The standard InChI is InChI=1S/C14H30N2S/c1-5-14(7-9-15-10-8-14)12-16(3)13(2)6-11-17-4/h13,15H,5-12H2,1-4H3. The number of nitrogens with zero attached hydrogens (tertiary/aromatic N) is 1. The van der Waals surface area contributed by atoms with E-state index in [1.165, 1.54) is 51.1 Å². The van der Waals surface area contributed by atoms with Gasteiger partial charge in [-0.25, -0.2) is 0 Å². The van der Waals surface area contributed by atoms with Gasteiger partial charge in [-0.3, -0.25) is 0 Å². The third-order valence-electron chi connectivity index (χ3n) is 4.49. The highest BCUT2D eigenvalue weighted by atomic mass is 32.2. The van der Waals surface area contributed by atoms with Crippen molar-refractivity contribution in [2.75, 3.05) is 38.7 Å². The fraction of sp³-hybridized carbons (Fsp3) is 1.00. The average Bonchev–Trinajstić information content (AvgIpc) is 2.36. The molecular formula is C14H30N2S. The Hall–Kier alpha value is 0.270. The van der Waals surface area contributed by atoms with Crippen LogP contribution in [0.4, 0.5) is 0 Å². The van der Waals surface area contributed by atoms with Gasteiger partial charge in [0.1, 0.15) is 0 Å². The Morgan fingerprint density at radius 1 is 1.35 bits per heavy atom. The molecule has 1 saturated heterocycles. The number of rotatable bonds is 7. The summed E-state index contributed by atoms with van der Waals surface area (Å²) in [6, 6.07) is 0.723. The molecule has 0 bridgehead atoms. The summed E-state index contributed by atoms with van der Waals surface area (Å²) < 4.78 is 0. The van der Waals surface area contributed by atoms with Crippen molar-refractivity contribution in [1.29, 1.82) is 0 Å². The van der Waals surface area contributed by atoms with Crippen LogP contribution in [-0.4, -0.2) is 49.6 Å². The molecule has 0 aromatic carbocycles. The van der Waals surface area contributed by atoms with Crippen molar-refractivity contribution >= 4 is 11.8 Å². The molecule has 1 N–H and O–H groups in total. The minimum Gasteiger partial charge on any atom is -0.317 e. The van der Waals surface area contributed by atoms with Gasteiger partial charge in [-0.1, -0.05) is 6.92 Å². The smallest absolute Gasteiger partial charge is 0.00719 e. The molecule has 1 heterocycles. The van der Waals surface area contributed by atoms with Crippen LogP contribution in [0.1, 0.15) is 39.5 Å². The number of hydrogen-bond acceptors (Lipinski definition) is 3. The fourth-order valence-electron chi connectivity index (χ4n) is 2.77. The summed E-state index contributed by atoms with van der Waals surface area (Å²) in [5.41, 5.74) is 0.577. The summed E-state index contributed by atoms with van der Waals surface area (Å²) in [5.74, 6) is 1.28. The molecule has 0 aromatic rings. The molecule has 0 amide bonds. The Kier molecular flexibility index (Phi) is 6.90. The minimum absolute atomic E-state index is 0.577. The monoisotopic (exact) mass is 258 g/mol. The van der Waals surface area contributed by atoms with Crippen molar-refractivity contribution in [2.24, 2.45) is 5.41 Å². The van der Waals surface area contributed by atoms with Crippen LogP contribution in [0.15, 0.2) is 0 Å². The van der Waals surface area contributed by atoms with Gasteiger partial charge in [0.2, 0.25) is 0 Å². The van der Waals surface area contributed by atoms with E-state index in [4.69, 9.17) is 0 Å². The Balaban J connectivity index is 2.43. The number of piperidine rings is 1. The SMILES string of the molecule is CCC1(CN(C)C(C)CCSC)CCNCC1. The Labute approximate surface area is 112 Å². The van der Waals surface area contributed by atoms with Crippen LogP contribution < -0.4 is 5.32 Å². The summed E-state index contributed by atoms with van der Waals surface area (Å²) in [6.07, 6.45) is 7.54. The summed E-state index contributed by atoms with van der Waals surface area (Å²) in [7, 11) is 2.31. The van der Waals surface area contributed by atoms with Gasteiger partial charge in [0, 0.05) is 12.6 Å². The minimum atomic E-state index is 0.577. The molecule has 1 aliphatic heterocycles. The third-order valence-corrected chi connectivity index (χ3v) is 5.14. The van der Waals surface area contributed by atoms with Crippen LogP contribution in [0.2, 0.25) is 0 Å². The normalized spacial score (nSPS) is 21.7. The van der Waals surface area contributed by atoms with E-state index in [1.807, 2.05) is 11.8 Å². The predicted molar refractivity (Wildman–Crippen MR) is 79.9 cm³/mol. The van der Waals surface area contributed by atoms with Gasteiger partial charge >= 0.3 is 0 Å². The molecule has 1 fully saturated rings. The van der Waals surface area contributed by atoms with Gasteiger partial charge in [-0.05, 0) is 70.2 Å². The lowest BCUT2D eigenvalue weighted by molar-refractivity contribution is 0.100. The first-order valence-electron chi connectivity index (χ1n) is 7.03.